The Hall–Kier alpha value is -2.65. The van der Waals surface area contributed by atoms with Crippen LogP contribution in [0.3, 0.4) is 0 Å². The molecule has 40 heavy (non-hydrogen) atoms. The predicted octanol–water partition coefficient (Wildman–Crippen LogP) is 6.86. The summed E-state index contributed by atoms with van der Waals surface area (Å²) in [5.74, 6) is 3.34. The highest BCUT2D eigenvalue weighted by Gasteiger charge is 2.25. The highest BCUT2D eigenvalue weighted by Crippen LogP contribution is 2.34. The minimum atomic E-state index is -0.0607. The van der Waals surface area contributed by atoms with Crippen molar-refractivity contribution in [3.8, 4) is 12.3 Å². The molecule has 1 saturated heterocycles. The van der Waals surface area contributed by atoms with E-state index in [-0.39, 0.29) is 12.0 Å². The van der Waals surface area contributed by atoms with Crippen LogP contribution in [-0.4, -0.2) is 72.1 Å². The number of aryl methyl sites for hydroxylation is 1. The van der Waals surface area contributed by atoms with Crippen molar-refractivity contribution in [1.29, 1.82) is 0 Å². The quantitative estimate of drug-likeness (QED) is 0.139. The van der Waals surface area contributed by atoms with Crippen LogP contribution in [0.25, 0.3) is 10.9 Å². The topological polar surface area (TPSA) is 37.7 Å². The van der Waals surface area contributed by atoms with Crippen LogP contribution < -0.4 is 0 Å². The number of unbranched alkanes of at least 4 members (excludes halogenated alkanes) is 1. The van der Waals surface area contributed by atoms with Gasteiger partial charge in [0.1, 0.15) is 6.29 Å². The van der Waals surface area contributed by atoms with Crippen LogP contribution in [0.5, 0.6) is 0 Å². The van der Waals surface area contributed by atoms with Crippen molar-refractivity contribution in [1.82, 2.24) is 14.4 Å². The summed E-state index contributed by atoms with van der Waals surface area (Å²) in [6.45, 7) is 19.2. The molecule has 1 aromatic heterocycles. The number of terminal acetylenes is 1. The van der Waals surface area contributed by atoms with Gasteiger partial charge in [0.15, 0.2) is 0 Å². The summed E-state index contributed by atoms with van der Waals surface area (Å²) in [5.41, 5.74) is 5.89. The Morgan fingerprint density at radius 2 is 2.02 bits per heavy atom. The fourth-order valence-corrected chi connectivity index (χ4v) is 6.10. The van der Waals surface area contributed by atoms with E-state index in [1.54, 1.807) is 0 Å². The maximum atomic E-state index is 11.8. The summed E-state index contributed by atoms with van der Waals surface area (Å²) in [6.07, 6.45) is 18.2. The number of hydrogen-bond donors (Lipinski definition) is 0. The molecule has 5 heteroatoms. The highest BCUT2D eigenvalue weighted by atomic mass is 16.5. The first kappa shape index (κ1) is 31.9. The van der Waals surface area contributed by atoms with Gasteiger partial charge in [0.05, 0.1) is 19.3 Å². The zero-order chi connectivity index (χ0) is 29.1. The minimum Gasteiger partial charge on any atom is -0.378 e. The average Bonchev–Trinajstić information content (AvgIpc) is 3.27. The van der Waals surface area contributed by atoms with Gasteiger partial charge in [0, 0.05) is 66.8 Å². The van der Waals surface area contributed by atoms with E-state index in [4.69, 9.17) is 11.2 Å². The maximum absolute atomic E-state index is 11.8. The molecule has 218 valence electrons. The van der Waals surface area contributed by atoms with E-state index in [0.717, 1.165) is 89.0 Å². The second-order valence-electron chi connectivity index (χ2n) is 11.4. The molecule has 2 heterocycles. The molecule has 3 rings (SSSR count). The third kappa shape index (κ3) is 7.97. The van der Waals surface area contributed by atoms with Crippen molar-refractivity contribution in [3.05, 3.63) is 58.8 Å². The minimum absolute atomic E-state index is 0.0607. The van der Waals surface area contributed by atoms with Gasteiger partial charge in [-0.3, -0.25) is 14.6 Å². The number of hydrogen-bond acceptors (Lipinski definition) is 4. The van der Waals surface area contributed by atoms with Gasteiger partial charge in [-0.05, 0) is 51.7 Å². The van der Waals surface area contributed by atoms with Gasteiger partial charge in [-0.25, -0.2) is 0 Å². The molecule has 0 spiro atoms. The van der Waals surface area contributed by atoms with Crippen molar-refractivity contribution in [2.24, 2.45) is 0 Å². The second-order valence-corrected chi connectivity index (χ2v) is 11.4. The number of benzene rings is 1. The zero-order valence-corrected chi connectivity index (χ0v) is 25.8. The van der Waals surface area contributed by atoms with Crippen molar-refractivity contribution in [3.63, 3.8) is 0 Å². The molecular weight excluding hydrogens is 494 g/mol. The number of morpholine rings is 1. The van der Waals surface area contributed by atoms with Crippen molar-refractivity contribution >= 4 is 17.2 Å². The fraction of sp³-hybridized carbons (Fsp3) is 0.571. The zero-order valence-electron chi connectivity index (χ0n) is 25.8. The number of rotatable bonds is 15. The third-order valence-corrected chi connectivity index (χ3v) is 8.23. The van der Waals surface area contributed by atoms with Crippen LogP contribution in [0.4, 0.5) is 0 Å². The van der Waals surface area contributed by atoms with Crippen molar-refractivity contribution in [2.75, 3.05) is 39.4 Å². The van der Waals surface area contributed by atoms with Crippen LogP contribution in [0.2, 0.25) is 0 Å². The normalized spacial score (nSPS) is 17.8. The van der Waals surface area contributed by atoms with Crippen LogP contribution in [0, 0.1) is 12.3 Å². The number of aldehydes is 1. The summed E-state index contributed by atoms with van der Waals surface area (Å²) in [7, 11) is 0. The van der Waals surface area contributed by atoms with Gasteiger partial charge in [-0.2, -0.15) is 0 Å². The Morgan fingerprint density at radius 1 is 1.25 bits per heavy atom. The molecule has 1 aliphatic rings. The number of ether oxygens (including phenoxy) is 1. The summed E-state index contributed by atoms with van der Waals surface area (Å²) in [4.78, 5) is 16.8. The number of aromatic nitrogens is 1. The lowest BCUT2D eigenvalue weighted by Crippen LogP contribution is -2.49. The van der Waals surface area contributed by atoms with Crippen LogP contribution >= 0.6 is 0 Å². The van der Waals surface area contributed by atoms with E-state index in [1.807, 2.05) is 6.07 Å². The van der Waals surface area contributed by atoms with Gasteiger partial charge in [0.2, 0.25) is 0 Å². The third-order valence-electron chi connectivity index (χ3n) is 8.23. The van der Waals surface area contributed by atoms with Gasteiger partial charge in [-0.1, -0.05) is 69.0 Å². The predicted molar refractivity (Wildman–Crippen MR) is 169 cm³/mol. The van der Waals surface area contributed by atoms with Gasteiger partial charge in [0.25, 0.3) is 0 Å². The first-order valence-corrected chi connectivity index (χ1v) is 15.3. The van der Waals surface area contributed by atoms with Crippen LogP contribution in [-0.2, 0) is 17.7 Å². The number of carbonyl (C=O) groups is 1. The Kier molecular flexibility index (Phi) is 12.7. The number of allylic oxidation sites excluding steroid dienone is 3. The number of carbonyl (C=O) groups excluding carboxylic acids is 1. The number of fused-ring (bicyclic) bond motifs is 1. The molecule has 0 radical (unpaired) electrons. The van der Waals surface area contributed by atoms with E-state index in [1.165, 1.54) is 22.2 Å². The lowest BCUT2D eigenvalue weighted by atomic mass is 9.97. The van der Waals surface area contributed by atoms with E-state index in [2.05, 4.69) is 92.2 Å². The Morgan fingerprint density at radius 3 is 2.67 bits per heavy atom. The summed E-state index contributed by atoms with van der Waals surface area (Å²) >= 11 is 0. The Bertz CT molecular complexity index is 1200. The molecule has 5 nitrogen and oxygen atoms in total. The molecule has 1 aromatic carbocycles. The lowest BCUT2D eigenvalue weighted by Gasteiger charge is -2.37. The SMILES string of the molecule is C#CC(C=C(C)C)N(CCN1CCOCC1CC)CCn1c(C(C)/C=C\C)c(CCCC)c2ccc(C=O)cc21. The summed E-state index contributed by atoms with van der Waals surface area (Å²) in [5, 5.41) is 1.27. The van der Waals surface area contributed by atoms with Gasteiger partial charge >= 0.3 is 0 Å². The smallest absolute Gasteiger partial charge is 0.150 e. The van der Waals surface area contributed by atoms with Gasteiger partial charge in [-0.15, -0.1) is 6.42 Å². The first-order valence-electron chi connectivity index (χ1n) is 15.3. The highest BCUT2D eigenvalue weighted by molar-refractivity contribution is 5.91. The molecule has 1 fully saturated rings. The van der Waals surface area contributed by atoms with E-state index in [9.17, 15) is 4.79 Å². The lowest BCUT2D eigenvalue weighted by molar-refractivity contribution is -0.0125. The molecule has 0 aliphatic carbocycles. The largest absolute Gasteiger partial charge is 0.378 e. The monoisotopic (exact) mass is 545 g/mol. The Balaban J connectivity index is 2.01. The van der Waals surface area contributed by atoms with E-state index in [0.29, 0.717) is 6.04 Å². The molecule has 3 atom stereocenters. The van der Waals surface area contributed by atoms with E-state index < -0.39 is 0 Å². The van der Waals surface area contributed by atoms with Crippen LogP contribution in [0.15, 0.2) is 42.0 Å². The first-order chi connectivity index (χ1) is 19.4. The van der Waals surface area contributed by atoms with Crippen molar-refractivity contribution in [2.45, 2.75) is 91.8 Å². The molecule has 0 amide bonds. The molecule has 0 bridgehead atoms. The summed E-state index contributed by atoms with van der Waals surface area (Å²) < 4.78 is 8.23. The molecule has 0 saturated carbocycles. The molecule has 1 aliphatic heterocycles. The molecular formula is C35H51N3O2. The fourth-order valence-electron chi connectivity index (χ4n) is 6.10. The standard InChI is InChI=1S/C35H51N3O2/c1-8-12-14-33-32-16-15-29(25-39)24-34(32)38(35(33)28(7)13-9-2)20-19-36(30(10-3)23-27(5)6)17-18-37-21-22-40-26-31(37)11-4/h3,9,13,15-16,23-25,28,30-31H,8,11-12,14,17-22,26H2,1-2,4-7H3/b13-9-. The second kappa shape index (κ2) is 16.0. The Labute approximate surface area is 243 Å². The maximum Gasteiger partial charge on any atom is 0.150 e. The van der Waals surface area contributed by atoms with Crippen molar-refractivity contribution < 1.29 is 9.53 Å². The molecule has 0 N–H and O–H groups in total. The van der Waals surface area contributed by atoms with E-state index >= 15 is 0 Å². The van der Waals surface area contributed by atoms with Crippen LogP contribution in [0.1, 0.15) is 88.3 Å². The number of nitrogens with zero attached hydrogens (tertiary/aromatic N) is 3. The molecule has 3 unspecified atom stereocenters. The van der Waals surface area contributed by atoms with Gasteiger partial charge < -0.3 is 9.30 Å². The average molecular weight is 546 g/mol. The summed E-state index contributed by atoms with van der Waals surface area (Å²) in [6, 6.07) is 6.59. The molecule has 2 aromatic rings.